The molecule has 1 aromatic heterocycles. The fourth-order valence-corrected chi connectivity index (χ4v) is 3.22. The summed E-state index contributed by atoms with van der Waals surface area (Å²) in [4.78, 5) is 2.47. The van der Waals surface area contributed by atoms with Crippen LogP contribution in [0.4, 0.5) is 0 Å². The summed E-state index contributed by atoms with van der Waals surface area (Å²) in [5.41, 5.74) is 1.23. The molecule has 2 aromatic rings. The zero-order chi connectivity index (χ0) is 16.1. The minimum absolute atomic E-state index is 0.369. The van der Waals surface area contributed by atoms with Gasteiger partial charge in [-0.1, -0.05) is 39.7 Å². The topological polar surface area (TPSA) is 30.3 Å². The number of hydrogen-bond acceptors (Lipinski definition) is 3. The largest absolute Gasteiger partial charge is 0.373 e. The van der Waals surface area contributed by atoms with Gasteiger partial charge in [0.25, 0.3) is 0 Å². The van der Waals surface area contributed by atoms with Crippen LogP contribution in [0.5, 0.6) is 0 Å². The summed E-state index contributed by atoms with van der Waals surface area (Å²) in [7, 11) is 0. The molecule has 23 heavy (non-hydrogen) atoms. The lowest BCUT2D eigenvalue weighted by atomic mass is 10.1. The second kappa shape index (κ2) is 8.29. The van der Waals surface area contributed by atoms with Gasteiger partial charge < -0.3 is 9.64 Å². The highest BCUT2D eigenvalue weighted by Gasteiger charge is 2.19. The van der Waals surface area contributed by atoms with E-state index in [1.165, 1.54) is 5.56 Å². The highest BCUT2D eigenvalue weighted by Crippen LogP contribution is 2.17. The molecule has 0 aliphatic carbocycles. The summed E-state index contributed by atoms with van der Waals surface area (Å²) in [5.74, 6) is 0. The number of likely N-dealkylation sites (tertiary alicyclic amines) is 1. The van der Waals surface area contributed by atoms with Gasteiger partial charge >= 0.3 is 0 Å². The van der Waals surface area contributed by atoms with E-state index < -0.39 is 0 Å². The molecular weight excluding hydrogens is 378 g/mol. The Bertz CT molecular complexity index is 609. The van der Waals surface area contributed by atoms with E-state index in [2.05, 4.69) is 50.2 Å². The summed E-state index contributed by atoms with van der Waals surface area (Å²) in [6, 6.07) is 8.33. The van der Waals surface area contributed by atoms with Crippen LogP contribution in [0.15, 0.2) is 41.1 Å². The van der Waals surface area contributed by atoms with E-state index in [9.17, 15) is 0 Å². The maximum atomic E-state index is 6.05. The first-order valence-corrected chi connectivity index (χ1v) is 9.12. The van der Waals surface area contributed by atoms with Crippen molar-refractivity contribution in [1.29, 1.82) is 0 Å². The van der Waals surface area contributed by atoms with E-state index in [0.29, 0.717) is 17.7 Å². The molecule has 1 aliphatic rings. The predicted octanol–water partition coefficient (Wildman–Crippen LogP) is 3.98. The molecule has 1 aliphatic heterocycles. The third kappa shape index (κ3) is 5.31. The Morgan fingerprint density at radius 1 is 1.17 bits per heavy atom. The fraction of sp³-hybridized carbons (Fsp3) is 0.471. The number of piperidine rings is 1. The Kier molecular flexibility index (Phi) is 6.11. The minimum atomic E-state index is 0.369. The lowest BCUT2D eigenvalue weighted by Crippen LogP contribution is -2.38. The highest BCUT2D eigenvalue weighted by atomic mass is 79.9. The Labute approximate surface area is 150 Å². The van der Waals surface area contributed by atoms with Crippen molar-refractivity contribution >= 4 is 27.5 Å². The van der Waals surface area contributed by atoms with Gasteiger partial charge in [0.2, 0.25) is 0 Å². The van der Waals surface area contributed by atoms with Crippen molar-refractivity contribution in [1.82, 2.24) is 14.7 Å². The third-order valence-electron chi connectivity index (χ3n) is 4.18. The van der Waals surface area contributed by atoms with Crippen molar-refractivity contribution in [2.24, 2.45) is 0 Å². The number of nitrogens with zero attached hydrogens (tertiary/aromatic N) is 3. The van der Waals surface area contributed by atoms with Crippen molar-refractivity contribution in [2.75, 3.05) is 19.6 Å². The maximum Gasteiger partial charge on any atom is 0.0785 e. The second-order valence-electron chi connectivity index (χ2n) is 5.90. The van der Waals surface area contributed by atoms with Crippen LogP contribution in [0, 0.1) is 0 Å². The SMILES string of the molecule is Clc1cnn(CCN2CCC(OCc3ccc(Br)cc3)CC2)c1. The third-order valence-corrected chi connectivity index (χ3v) is 4.90. The molecule has 0 radical (unpaired) electrons. The van der Waals surface area contributed by atoms with Crippen LogP contribution in [-0.2, 0) is 17.9 Å². The zero-order valence-electron chi connectivity index (χ0n) is 13.0. The molecule has 0 unspecified atom stereocenters. The zero-order valence-corrected chi connectivity index (χ0v) is 15.3. The van der Waals surface area contributed by atoms with Gasteiger partial charge in [-0.25, -0.2) is 0 Å². The van der Waals surface area contributed by atoms with E-state index in [1.807, 2.05) is 10.9 Å². The van der Waals surface area contributed by atoms with Gasteiger partial charge in [0.15, 0.2) is 0 Å². The molecule has 0 bridgehead atoms. The first-order valence-electron chi connectivity index (χ1n) is 7.95. The maximum absolute atomic E-state index is 6.05. The van der Waals surface area contributed by atoms with Crippen molar-refractivity contribution in [3.05, 3.63) is 51.7 Å². The van der Waals surface area contributed by atoms with E-state index >= 15 is 0 Å². The van der Waals surface area contributed by atoms with Gasteiger partial charge in [-0.2, -0.15) is 5.10 Å². The summed E-state index contributed by atoms with van der Waals surface area (Å²) in [5, 5.41) is 4.91. The molecule has 1 saturated heterocycles. The predicted molar refractivity (Wildman–Crippen MR) is 95.6 cm³/mol. The highest BCUT2D eigenvalue weighted by molar-refractivity contribution is 9.10. The van der Waals surface area contributed by atoms with E-state index in [4.69, 9.17) is 16.3 Å². The van der Waals surface area contributed by atoms with Gasteiger partial charge in [-0.15, -0.1) is 0 Å². The van der Waals surface area contributed by atoms with Gasteiger partial charge in [0.1, 0.15) is 0 Å². The molecule has 0 atom stereocenters. The summed E-state index contributed by atoms with van der Waals surface area (Å²) >= 11 is 9.33. The average Bonchev–Trinajstić information content (AvgIpc) is 2.99. The van der Waals surface area contributed by atoms with Crippen LogP contribution in [0.3, 0.4) is 0 Å². The molecule has 4 nitrogen and oxygen atoms in total. The molecule has 0 saturated carbocycles. The summed E-state index contributed by atoms with van der Waals surface area (Å²) < 4.78 is 9.05. The number of aromatic nitrogens is 2. The Hall–Kier alpha value is -0.880. The van der Waals surface area contributed by atoms with Crippen LogP contribution < -0.4 is 0 Å². The van der Waals surface area contributed by atoms with Crippen LogP contribution in [0.1, 0.15) is 18.4 Å². The molecule has 124 valence electrons. The number of hydrogen-bond donors (Lipinski definition) is 0. The number of rotatable bonds is 6. The smallest absolute Gasteiger partial charge is 0.0785 e. The lowest BCUT2D eigenvalue weighted by molar-refractivity contribution is -0.00305. The van der Waals surface area contributed by atoms with Crippen LogP contribution in [0.2, 0.25) is 5.02 Å². The van der Waals surface area contributed by atoms with E-state index in [1.54, 1.807) is 6.20 Å². The molecule has 0 N–H and O–H groups in total. The number of ether oxygens (including phenoxy) is 1. The lowest BCUT2D eigenvalue weighted by Gasteiger charge is -2.31. The van der Waals surface area contributed by atoms with Crippen molar-refractivity contribution in [3.63, 3.8) is 0 Å². The minimum Gasteiger partial charge on any atom is -0.373 e. The normalized spacial score (nSPS) is 16.8. The van der Waals surface area contributed by atoms with Gasteiger partial charge in [0, 0.05) is 30.3 Å². The van der Waals surface area contributed by atoms with Crippen molar-refractivity contribution < 1.29 is 4.74 Å². The first kappa shape index (κ1) is 17.0. The summed E-state index contributed by atoms with van der Waals surface area (Å²) in [6.07, 6.45) is 6.11. The van der Waals surface area contributed by atoms with Gasteiger partial charge in [-0.05, 0) is 30.5 Å². The molecular formula is C17H21BrClN3O. The Morgan fingerprint density at radius 3 is 2.57 bits per heavy atom. The Balaban J connectivity index is 1.35. The standard InChI is InChI=1S/C17H21BrClN3O/c18-15-3-1-14(2-4-15)13-23-17-5-7-21(8-6-17)9-10-22-12-16(19)11-20-22/h1-4,11-12,17H,5-10,13H2. The monoisotopic (exact) mass is 397 g/mol. The van der Waals surface area contributed by atoms with Crippen molar-refractivity contribution in [3.8, 4) is 0 Å². The quantitative estimate of drug-likeness (QED) is 0.737. The molecule has 1 aromatic carbocycles. The Morgan fingerprint density at radius 2 is 1.91 bits per heavy atom. The van der Waals surface area contributed by atoms with Crippen molar-refractivity contribution in [2.45, 2.75) is 32.1 Å². The summed E-state index contributed by atoms with van der Waals surface area (Å²) in [6.45, 7) is 4.76. The van der Waals surface area contributed by atoms with E-state index in [-0.39, 0.29) is 0 Å². The van der Waals surface area contributed by atoms with E-state index in [0.717, 1.165) is 43.5 Å². The van der Waals surface area contributed by atoms with Gasteiger partial charge in [0.05, 0.1) is 30.5 Å². The molecule has 0 spiro atoms. The van der Waals surface area contributed by atoms with Gasteiger partial charge in [-0.3, -0.25) is 4.68 Å². The molecule has 3 rings (SSSR count). The van der Waals surface area contributed by atoms with Crippen LogP contribution >= 0.6 is 27.5 Å². The molecule has 0 amide bonds. The molecule has 6 heteroatoms. The second-order valence-corrected chi connectivity index (χ2v) is 7.25. The van der Waals surface area contributed by atoms with Crippen LogP contribution in [0.25, 0.3) is 0 Å². The number of halogens is 2. The average molecular weight is 399 g/mol. The molecule has 2 heterocycles. The van der Waals surface area contributed by atoms with Crippen LogP contribution in [-0.4, -0.2) is 40.4 Å². The fourth-order valence-electron chi connectivity index (χ4n) is 2.80. The number of benzene rings is 1. The molecule has 1 fully saturated rings. The first-order chi connectivity index (χ1) is 11.2.